The number of likely N-dealkylation sites (N-methyl/N-ethyl adjacent to an activating group) is 2. The van der Waals surface area contributed by atoms with Crippen molar-refractivity contribution in [2.75, 3.05) is 41.5 Å². The molecule has 10 rings (SSSR count). The van der Waals surface area contributed by atoms with Crippen LogP contribution in [-0.4, -0.2) is 84.1 Å². The van der Waals surface area contributed by atoms with E-state index in [4.69, 9.17) is 18.9 Å². The Hall–Kier alpha value is -3.63. The van der Waals surface area contributed by atoms with Gasteiger partial charge in [0.2, 0.25) is 0 Å². The topological polar surface area (TPSA) is 70.3 Å². The fraction of sp³-hybridized carbons (Fsp3) is 0.568. The van der Waals surface area contributed by atoms with E-state index in [-0.39, 0.29) is 23.7 Å². The Morgan fingerprint density at radius 3 is 2.25 bits per heavy atom. The lowest BCUT2D eigenvalue weighted by Gasteiger charge is -2.58. The van der Waals surface area contributed by atoms with Gasteiger partial charge in [-0.2, -0.15) is 0 Å². The number of benzene rings is 2. The summed E-state index contributed by atoms with van der Waals surface area (Å²) in [5, 5.41) is 2.73. The molecule has 9 nitrogen and oxygen atoms in total. The Balaban J connectivity index is 1.05. The van der Waals surface area contributed by atoms with Gasteiger partial charge in [-0.3, -0.25) is 14.6 Å². The summed E-state index contributed by atoms with van der Waals surface area (Å²) in [6, 6.07) is 15.0. The molecule has 53 heavy (non-hydrogen) atoms. The van der Waals surface area contributed by atoms with Gasteiger partial charge in [0.1, 0.15) is 5.75 Å². The van der Waals surface area contributed by atoms with Crippen molar-refractivity contribution in [3.05, 3.63) is 76.3 Å². The number of aromatic nitrogens is 2. The number of hydrogen-bond acceptors (Lipinski definition) is 7. The molecule has 0 radical (unpaired) electrons. The van der Waals surface area contributed by atoms with E-state index in [1.165, 1.54) is 49.9 Å². The Bertz CT molecular complexity index is 2200. The van der Waals surface area contributed by atoms with Gasteiger partial charge in [-0.1, -0.05) is 18.2 Å². The molecule has 2 aromatic carbocycles. The minimum absolute atomic E-state index is 0.136. The molecule has 0 amide bonds. The number of fused-ring (bicyclic) bond motifs is 16. The van der Waals surface area contributed by atoms with Gasteiger partial charge >= 0.3 is 0 Å². The van der Waals surface area contributed by atoms with E-state index in [0.717, 1.165) is 43.4 Å². The summed E-state index contributed by atoms with van der Waals surface area (Å²) in [5.74, 6) is 1.87. The molecule has 3 fully saturated rings. The minimum atomic E-state index is -0.707. The minimum Gasteiger partial charge on any atom is -0.500 e. The monoisotopic (exact) mass is 718 g/mol. The molecule has 2 aromatic heterocycles. The number of Topliss-reactive ketones (excluding diaryl/α,β-unsaturated/α-hetero) is 1. The number of rotatable bonds is 5. The van der Waals surface area contributed by atoms with Gasteiger partial charge in [0.15, 0.2) is 11.6 Å². The second kappa shape index (κ2) is 11.9. The van der Waals surface area contributed by atoms with Gasteiger partial charge < -0.3 is 28.1 Å². The van der Waals surface area contributed by atoms with Crippen LogP contribution in [0.15, 0.2) is 48.2 Å². The number of ketones is 1. The summed E-state index contributed by atoms with van der Waals surface area (Å²) in [7, 11) is 12.7. The van der Waals surface area contributed by atoms with Crippen molar-refractivity contribution in [2.45, 2.75) is 75.9 Å². The van der Waals surface area contributed by atoms with Gasteiger partial charge in [0, 0.05) is 90.4 Å². The Morgan fingerprint density at radius 1 is 0.849 bits per heavy atom. The fourth-order valence-corrected chi connectivity index (χ4v) is 12.6. The highest BCUT2D eigenvalue weighted by Gasteiger charge is 2.57. The van der Waals surface area contributed by atoms with Crippen molar-refractivity contribution < 1.29 is 23.7 Å². The zero-order chi connectivity index (χ0) is 36.7. The third kappa shape index (κ3) is 4.60. The Kier molecular flexibility index (Phi) is 7.63. The van der Waals surface area contributed by atoms with E-state index in [1.54, 1.807) is 13.2 Å². The Morgan fingerprint density at radius 2 is 1.53 bits per heavy atom. The first-order valence-corrected chi connectivity index (χ1v) is 19.7. The van der Waals surface area contributed by atoms with E-state index in [9.17, 15) is 4.79 Å². The van der Waals surface area contributed by atoms with Crippen molar-refractivity contribution in [3.63, 3.8) is 0 Å². The van der Waals surface area contributed by atoms with Gasteiger partial charge in [-0.25, -0.2) is 0 Å². The maximum Gasteiger partial charge on any atom is 0.168 e. The number of para-hydroxylation sites is 1. The molecule has 0 aliphatic carbocycles. The highest BCUT2D eigenvalue weighted by atomic mass is 16.7. The summed E-state index contributed by atoms with van der Waals surface area (Å²) in [6.07, 6.45) is 6.55. The molecule has 0 N–H and O–H groups in total. The average molecular weight is 719 g/mol. The zero-order valence-electron chi connectivity index (χ0n) is 32.5. The molecule has 3 saturated heterocycles. The number of carbonyl (C=O) groups is 1. The number of allylic oxidation sites excluding steroid dienone is 1. The molecule has 10 unspecified atom stereocenters. The van der Waals surface area contributed by atoms with E-state index >= 15 is 0 Å². The predicted octanol–water partition coefficient (Wildman–Crippen LogP) is 6.50. The number of carbonyl (C=O) groups excluding carboxylic acids is 1. The second-order valence-corrected chi connectivity index (χ2v) is 17.3. The summed E-state index contributed by atoms with van der Waals surface area (Å²) < 4.78 is 30.3. The Labute approximate surface area is 312 Å². The summed E-state index contributed by atoms with van der Waals surface area (Å²) in [4.78, 5) is 17.9. The van der Waals surface area contributed by atoms with Crippen LogP contribution in [0.5, 0.6) is 5.75 Å². The molecule has 280 valence electrons. The van der Waals surface area contributed by atoms with Crippen LogP contribution in [0.1, 0.15) is 66.9 Å². The third-order valence-corrected chi connectivity index (χ3v) is 15.4. The van der Waals surface area contributed by atoms with E-state index in [2.05, 4.69) is 90.4 Å². The molecule has 4 bridgehead atoms. The van der Waals surface area contributed by atoms with Crippen LogP contribution in [0.3, 0.4) is 0 Å². The molecule has 10 atom stereocenters. The summed E-state index contributed by atoms with van der Waals surface area (Å²) >= 11 is 0. The smallest absolute Gasteiger partial charge is 0.168 e. The SMILES string of the molecule is COc1cc2c(cc1CC1C3CC4c5c(c6ccccc6n5C)CC(C3COC1(C)OC)N4C)c1c(n2C)C2CC3C(C(C)=O)=COCC3C(C1)N2C. The zero-order valence-corrected chi connectivity index (χ0v) is 32.5. The van der Waals surface area contributed by atoms with Crippen molar-refractivity contribution >= 4 is 27.6 Å². The van der Waals surface area contributed by atoms with E-state index < -0.39 is 5.79 Å². The number of hydrogen-bond donors (Lipinski definition) is 0. The van der Waals surface area contributed by atoms with Crippen molar-refractivity contribution in [1.82, 2.24) is 18.9 Å². The van der Waals surface area contributed by atoms with E-state index in [1.807, 2.05) is 14.2 Å². The lowest BCUT2D eigenvalue weighted by molar-refractivity contribution is -0.301. The van der Waals surface area contributed by atoms with Crippen LogP contribution in [0, 0.1) is 29.6 Å². The van der Waals surface area contributed by atoms with Crippen molar-refractivity contribution in [3.8, 4) is 5.75 Å². The average Bonchev–Trinajstić information content (AvgIpc) is 3.58. The normalized spacial score (nSPS) is 34.9. The summed E-state index contributed by atoms with van der Waals surface area (Å²) in [5.41, 5.74) is 10.5. The molecule has 6 aliphatic heterocycles. The van der Waals surface area contributed by atoms with Gasteiger partial charge in [0.25, 0.3) is 0 Å². The molecule has 9 heteroatoms. The first-order valence-electron chi connectivity index (χ1n) is 19.7. The van der Waals surface area contributed by atoms with Crippen LogP contribution >= 0.6 is 0 Å². The van der Waals surface area contributed by atoms with Crippen molar-refractivity contribution in [1.29, 1.82) is 0 Å². The maximum absolute atomic E-state index is 12.7. The molecule has 0 spiro atoms. The predicted molar refractivity (Wildman–Crippen MR) is 205 cm³/mol. The lowest BCUT2D eigenvalue weighted by Crippen LogP contribution is -2.62. The van der Waals surface area contributed by atoms with Crippen LogP contribution < -0.4 is 4.74 Å². The number of piperidine rings is 2. The fourth-order valence-electron chi connectivity index (χ4n) is 12.6. The number of ether oxygens (including phenoxy) is 4. The second-order valence-electron chi connectivity index (χ2n) is 17.3. The first kappa shape index (κ1) is 33.9. The molecule has 4 aromatic rings. The first-order chi connectivity index (χ1) is 25.5. The van der Waals surface area contributed by atoms with Crippen LogP contribution in [-0.2, 0) is 52.4 Å². The van der Waals surface area contributed by atoms with Crippen LogP contribution in [0.4, 0.5) is 0 Å². The number of methoxy groups -OCH3 is 2. The van der Waals surface area contributed by atoms with Crippen molar-refractivity contribution in [2.24, 2.45) is 43.7 Å². The molecular weight excluding hydrogens is 665 g/mol. The highest BCUT2D eigenvalue weighted by Crippen LogP contribution is 2.56. The lowest BCUT2D eigenvalue weighted by atomic mass is 9.62. The molecule has 0 saturated carbocycles. The molecule has 8 heterocycles. The molecular formula is C44H54N4O5. The van der Waals surface area contributed by atoms with E-state index in [0.29, 0.717) is 49.1 Å². The molecule has 6 aliphatic rings. The van der Waals surface area contributed by atoms with Gasteiger partial charge in [-0.15, -0.1) is 0 Å². The number of aryl methyl sites for hydroxylation is 2. The number of nitrogens with zero attached hydrogens (tertiary/aromatic N) is 4. The quantitative estimate of drug-likeness (QED) is 0.234. The summed E-state index contributed by atoms with van der Waals surface area (Å²) in [6.45, 7) is 5.23. The van der Waals surface area contributed by atoms with Gasteiger partial charge in [-0.05, 0) is 101 Å². The standard InChI is InChI=1S/C44H54N4O5/c1-23(49)31-20-52-21-32-26(31)15-39-43-30(18-36(32)45(39)3)28-13-24(41(50-7)19-38(28)48(43)6)14-34-27-16-40-42-29(25-11-9-10-12-35(25)47(42)5)17-37(46(40)4)33(27)22-53-44(34,2)51-8/h9-13,19-20,26-27,32-34,36-37,39-40H,14-18,21-22H2,1-8H3. The van der Waals surface area contributed by atoms with Crippen LogP contribution in [0.25, 0.3) is 21.8 Å². The third-order valence-electron chi connectivity index (χ3n) is 15.4. The highest BCUT2D eigenvalue weighted by molar-refractivity contribution is 5.94. The van der Waals surface area contributed by atoms with Gasteiger partial charge in [0.05, 0.1) is 44.2 Å². The maximum atomic E-state index is 12.7. The largest absolute Gasteiger partial charge is 0.500 e. The van der Waals surface area contributed by atoms with Crippen LogP contribution in [0.2, 0.25) is 0 Å².